The minimum atomic E-state index is 0.792. The highest BCUT2D eigenvalue weighted by molar-refractivity contribution is 4.86. The van der Waals surface area contributed by atoms with Crippen molar-refractivity contribution in [2.24, 2.45) is 0 Å². The van der Waals surface area contributed by atoms with E-state index in [0.717, 1.165) is 18.8 Å². The molecule has 0 saturated carbocycles. The molecule has 0 spiro atoms. The summed E-state index contributed by atoms with van der Waals surface area (Å²) >= 11 is 0. The predicted molar refractivity (Wildman–Crippen MR) is 58.5 cm³/mol. The molecule has 0 aliphatic carbocycles. The first-order valence-corrected chi connectivity index (χ1v) is 5.75. The summed E-state index contributed by atoms with van der Waals surface area (Å²) in [6.07, 6.45) is 7.21. The molecule has 1 aliphatic heterocycles. The molecule has 0 atom stereocenters. The molecular weight excluding hydrogens is 190 g/mol. The Morgan fingerprint density at radius 1 is 1.40 bits per heavy atom. The van der Waals surface area contributed by atoms with Gasteiger partial charge in [-0.15, -0.1) is 0 Å². The minimum Gasteiger partial charge on any atom is -0.447 e. The number of rotatable bonds is 6. The van der Waals surface area contributed by atoms with Gasteiger partial charge in [-0.3, -0.25) is 0 Å². The zero-order valence-corrected chi connectivity index (χ0v) is 9.11. The van der Waals surface area contributed by atoms with Crippen LogP contribution in [0.3, 0.4) is 0 Å². The van der Waals surface area contributed by atoms with Crippen molar-refractivity contribution >= 4 is 0 Å². The third-order valence-corrected chi connectivity index (χ3v) is 2.81. The van der Waals surface area contributed by atoms with Crippen molar-refractivity contribution < 1.29 is 4.42 Å². The van der Waals surface area contributed by atoms with Crippen LogP contribution in [0.2, 0.25) is 0 Å². The Balaban J connectivity index is 1.48. The predicted octanol–water partition coefficient (Wildman–Crippen LogP) is 1.25. The summed E-state index contributed by atoms with van der Waals surface area (Å²) in [5.41, 5.74) is 0. The van der Waals surface area contributed by atoms with Crippen LogP contribution in [0.25, 0.3) is 0 Å². The Morgan fingerprint density at radius 2 is 2.27 bits per heavy atom. The van der Waals surface area contributed by atoms with Gasteiger partial charge in [-0.25, -0.2) is 4.98 Å². The largest absolute Gasteiger partial charge is 0.447 e. The van der Waals surface area contributed by atoms with Crippen LogP contribution < -0.4 is 5.32 Å². The molecule has 0 unspecified atom stereocenters. The second-order valence-electron chi connectivity index (χ2n) is 4.05. The highest BCUT2D eigenvalue weighted by atomic mass is 16.3. The highest BCUT2D eigenvalue weighted by Gasteiger charge is 2.09. The third kappa shape index (κ3) is 3.64. The second-order valence-corrected chi connectivity index (χ2v) is 4.05. The molecular formula is C11H19N3O. The molecule has 4 heteroatoms. The first kappa shape index (κ1) is 10.6. The van der Waals surface area contributed by atoms with Gasteiger partial charge in [-0.1, -0.05) is 0 Å². The number of hydrogen-bond acceptors (Lipinski definition) is 4. The molecule has 1 fully saturated rings. The van der Waals surface area contributed by atoms with Crippen LogP contribution in [0.4, 0.5) is 0 Å². The number of likely N-dealkylation sites (tertiary alicyclic amines) is 1. The van der Waals surface area contributed by atoms with Crippen LogP contribution in [0.5, 0.6) is 0 Å². The molecule has 0 amide bonds. The maximum absolute atomic E-state index is 5.13. The number of oxazole rings is 1. The van der Waals surface area contributed by atoms with Gasteiger partial charge in [-0.05, 0) is 45.4 Å². The van der Waals surface area contributed by atoms with Crippen molar-refractivity contribution in [2.75, 3.05) is 26.2 Å². The lowest BCUT2D eigenvalue weighted by atomic mass is 10.4. The van der Waals surface area contributed by atoms with Gasteiger partial charge in [0.2, 0.25) is 0 Å². The fourth-order valence-corrected chi connectivity index (χ4v) is 1.97. The zero-order valence-electron chi connectivity index (χ0n) is 9.11. The van der Waals surface area contributed by atoms with Gasteiger partial charge in [0.25, 0.3) is 0 Å². The summed E-state index contributed by atoms with van der Waals surface area (Å²) in [5, 5.41) is 3.35. The van der Waals surface area contributed by atoms with E-state index in [-0.39, 0.29) is 0 Å². The van der Waals surface area contributed by atoms with Crippen LogP contribution in [0, 0.1) is 0 Å². The van der Waals surface area contributed by atoms with Crippen molar-refractivity contribution in [1.82, 2.24) is 15.2 Å². The SMILES string of the molecule is c1ncc(CNCCCN2CCCC2)o1. The van der Waals surface area contributed by atoms with Crippen LogP contribution in [0.1, 0.15) is 25.0 Å². The van der Waals surface area contributed by atoms with E-state index < -0.39 is 0 Å². The fraction of sp³-hybridized carbons (Fsp3) is 0.727. The Bertz CT molecular complexity index is 255. The molecule has 2 rings (SSSR count). The average Bonchev–Trinajstić information content (AvgIpc) is 2.88. The minimum absolute atomic E-state index is 0.792. The van der Waals surface area contributed by atoms with Crippen molar-refractivity contribution in [3.63, 3.8) is 0 Å². The molecule has 2 heterocycles. The lowest BCUT2D eigenvalue weighted by Gasteiger charge is -2.13. The van der Waals surface area contributed by atoms with Crippen LogP contribution in [-0.4, -0.2) is 36.1 Å². The quantitative estimate of drug-likeness (QED) is 0.716. The van der Waals surface area contributed by atoms with Crippen LogP contribution in [-0.2, 0) is 6.54 Å². The summed E-state index contributed by atoms with van der Waals surface area (Å²) in [6, 6.07) is 0. The number of hydrogen-bond donors (Lipinski definition) is 1. The van der Waals surface area contributed by atoms with Gasteiger partial charge < -0.3 is 14.6 Å². The summed E-state index contributed by atoms with van der Waals surface area (Å²) in [4.78, 5) is 6.41. The Kier molecular flexibility index (Phi) is 4.17. The lowest BCUT2D eigenvalue weighted by Crippen LogP contribution is -2.24. The van der Waals surface area contributed by atoms with E-state index in [0.29, 0.717) is 0 Å². The standard InChI is InChI=1S/C11H19N3O/c1-2-6-14(5-1)7-3-4-12-8-11-9-13-10-15-11/h9-10,12H,1-8H2. The van der Waals surface area contributed by atoms with E-state index in [4.69, 9.17) is 4.42 Å². The molecule has 1 aliphatic rings. The molecule has 1 aromatic rings. The molecule has 0 bridgehead atoms. The van der Waals surface area contributed by atoms with Gasteiger partial charge in [0.05, 0.1) is 12.7 Å². The zero-order chi connectivity index (χ0) is 10.3. The number of aromatic nitrogens is 1. The Hall–Kier alpha value is -0.870. The fourth-order valence-electron chi connectivity index (χ4n) is 1.97. The second kappa shape index (κ2) is 5.88. The van der Waals surface area contributed by atoms with Crippen molar-refractivity contribution in [1.29, 1.82) is 0 Å². The van der Waals surface area contributed by atoms with E-state index in [2.05, 4.69) is 15.2 Å². The van der Waals surface area contributed by atoms with Crippen LogP contribution >= 0.6 is 0 Å². The smallest absolute Gasteiger partial charge is 0.180 e. The Labute approximate surface area is 90.7 Å². The van der Waals surface area contributed by atoms with Crippen molar-refractivity contribution in [3.8, 4) is 0 Å². The van der Waals surface area contributed by atoms with E-state index in [1.54, 1.807) is 6.20 Å². The first-order chi connectivity index (χ1) is 7.45. The first-order valence-electron chi connectivity index (χ1n) is 5.75. The third-order valence-electron chi connectivity index (χ3n) is 2.81. The van der Waals surface area contributed by atoms with Crippen molar-refractivity contribution in [2.45, 2.75) is 25.8 Å². The molecule has 15 heavy (non-hydrogen) atoms. The van der Waals surface area contributed by atoms with Gasteiger partial charge in [0, 0.05) is 0 Å². The molecule has 1 saturated heterocycles. The molecule has 84 valence electrons. The van der Waals surface area contributed by atoms with Gasteiger partial charge in [-0.2, -0.15) is 0 Å². The van der Waals surface area contributed by atoms with E-state index in [1.165, 1.54) is 45.3 Å². The Morgan fingerprint density at radius 3 is 3.00 bits per heavy atom. The van der Waals surface area contributed by atoms with E-state index in [1.807, 2.05) is 0 Å². The lowest BCUT2D eigenvalue weighted by molar-refractivity contribution is 0.330. The van der Waals surface area contributed by atoms with Gasteiger partial charge in [0.15, 0.2) is 6.39 Å². The van der Waals surface area contributed by atoms with E-state index in [9.17, 15) is 0 Å². The summed E-state index contributed by atoms with van der Waals surface area (Å²) < 4.78 is 5.13. The normalized spacial score (nSPS) is 17.3. The molecule has 0 aromatic carbocycles. The van der Waals surface area contributed by atoms with E-state index >= 15 is 0 Å². The number of nitrogens with zero attached hydrogens (tertiary/aromatic N) is 2. The maximum atomic E-state index is 5.13. The summed E-state index contributed by atoms with van der Waals surface area (Å²) in [7, 11) is 0. The molecule has 1 N–H and O–H groups in total. The van der Waals surface area contributed by atoms with Crippen molar-refractivity contribution in [3.05, 3.63) is 18.4 Å². The maximum Gasteiger partial charge on any atom is 0.180 e. The topological polar surface area (TPSA) is 41.3 Å². The summed E-state index contributed by atoms with van der Waals surface area (Å²) in [6.45, 7) is 5.66. The van der Waals surface area contributed by atoms with Crippen LogP contribution in [0.15, 0.2) is 17.0 Å². The molecule has 4 nitrogen and oxygen atoms in total. The summed E-state index contributed by atoms with van der Waals surface area (Å²) in [5.74, 6) is 0.913. The van der Waals surface area contributed by atoms with Gasteiger partial charge in [0.1, 0.15) is 5.76 Å². The average molecular weight is 209 g/mol. The number of nitrogens with one attached hydrogen (secondary N) is 1. The molecule has 1 aromatic heterocycles. The molecule has 0 radical (unpaired) electrons. The van der Waals surface area contributed by atoms with Gasteiger partial charge >= 0.3 is 0 Å². The monoisotopic (exact) mass is 209 g/mol. The highest BCUT2D eigenvalue weighted by Crippen LogP contribution is 2.06.